The van der Waals surface area contributed by atoms with Crippen LogP contribution in [0.25, 0.3) is 17.0 Å². The highest BCUT2D eigenvalue weighted by atomic mass is 19.4. The number of nitro groups is 1. The molecule has 0 spiro atoms. The second kappa shape index (κ2) is 12.1. The fraction of sp³-hybridized carbons (Fsp3) is 0.226. The molecule has 1 atom stereocenters. The number of aromatic nitrogens is 1. The van der Waals surface area contributed by atoms with Crippen molar-refractivity contribution in [3.8, 4) is 0 Å². The Balaban J connectivity index is 1.44. The number of hydrogen-bond acceptors (Lipinski definition) is 4. The van der Waals surface area contributed by atoms with Crippen molar-refractivity contribution in [2.75, 3.05) is 19.6 Å². The molecule has 1 N–H and O–H groups in total. The molecule has 45 heavy (non-hydrogen) atoms. The molecule has 0 radical (unpaired) electrons. The number of piperazine rings is 1. The first kappa shape index (κ1) is 31.3. The maximum atomic E-state index is 13.6. The number of alkyl halides is 6. The minimum atomic E-state index is -5.12. The van der Waals surface area contributed by atoms with Crippen LogP contribution >= 0.6 is 0 Å². The van der Waals surface area contributed by atoms with Crippen LogP contribution in [0.3, 0.4) is 0 Å². The number of rotatable bonds is 6. The number of benzene rings is 3. The number of aromatic amines is 1. The molecular formula is C31H24F6N4O4. The Bertz CT molecular complexity index is 1750. The smallest absolute Gasteiger partial charge is 0.361 e. The van der Waals surface area contributed by atoms with Crippen LogP contribution in [0.15, 0.2) is 79.0 Å². The van der Waals surface area contributed by atoms with Gasteiger partial charge in [0.2, 0.25) is 5.91 Å². The number of carbonyl (C=O) groups is 2. The van der Waals surface area contributed by atoms with Gasteiger partial charge in [0.15, 0.2) is 0 Å². The van der Waals surface area contributed by atoms with E-state index in [1.54, 1.807) is 12.3 Å². The summed E-state index contributed by atoms with van der Waals surface area (Å²) >= 11 is 0. The van der Waals surface area contributed by atoms with E-state index in [0.717, 1.165) is 16.5 Å². The van der Waals surface area contributed by atoms with Crippen LogP contribution in [0.5, 0.6) is 0 Å². The van der Waals surface area contributed by atoms with E-state index in [2.05, 4.69) is 4.98 Å². The lowest BCUT2D eigenvalue weighted by molar-refractivity contribution is -0.384. The van der Waals surface area contributed by atoms with Gasteiger partial charge in [0.05, 0.1) is 22.1 Å². The third-order valence-corrected chi connectivity index (χ3v) is 7.54. The summed E-state index contributed by atoms with van der Waals surface area (Å²) in [6.07, 6.45) is -5.68. The third-order valence-electron chi connectivity index (χ3n) is 7.54. The minimum absolute atomic E-state index is 0.0336. The van der Waals surface area contributed by atoms with Crippen LogP contribution in [0.4, 0.5) is 32.0 Å². The van der Waals surface area contributed by atoms with Gasteiger partial charge in [-0.15, -0.1) is 0 Å². The summed E-state index contributed by atoms with van der Waals surface area (Å²) < 4.78 is 81.2. The molecule has 2 amide bonds. The molecule has 4 aromatic rings. The van der Waals surface area contributed by atoms with E-state index >= 15 is 0 Å². The maximum Gasteiger partial charge on any atom is 0.416 e. The summed E-state index contributed by atoms with van der Waals surface area (Å²) in [5.41, 5.74) is -2.04. The van der Waals surface area contributed by atoms with Gasteiger partial charge in [-0.1, -0.05) is 18.2 Å². The zero-order chi connectivity index (χ0) is 32.5. The zero-order valence-electron chi connectivity index (χ0n) is 23.2. The number of H-pyrrole nitrogens is 1. The molecule has 2 heterocycles. The predicted molar refractivity (Wildman–Crippen MR) is 152 cm³/mol. The third kappa shape index (κ3) is 7.00. The van der Waals surface area contributed by atoms with E-state index in [9.17, 15) is 46.0 Å². The van der Waals surface area contributed by atoms with Gasteiger partial charge >= 0.3 is 12.4 Å². The molecule has 0 saturated carbocycles. The zero-order valence-corrected chi connectivity index (χ0v) is 23.2. The van der Waals surface area contributed by atoms with Crippen molar-refractivity contribution in [2.24, 2.45) is 0 Å². The van der Waals surface area contributed by atoms with Gasteiger partial charge in [0.1, 0.15) is 0 Å². The number of nitrogens with one attached hydrogen (secondary N) is 1. The van der Waals surface area contributed by atoms with Gasteiger partial charge in [0.25, 0.3) is 11.6 Å². The van der Waals surface area contributed by atoms with Gasteiger partial charge in [-0.25, -0.2) is 0 Å². The fourth-order valence-electron chi connectivity index (χ4n) is 5.28. The van der Waals surface area contributed by atoms with Crippen LogP contribution in [0, 0.1) is 10.1 Å². The number of nitrogens with zero attached hydrogens (tertiary/aromatic N) is 3. The molecule has 5 rings (SSSR count). The van der Waals surface area contributed by atoms with Gasteiger partial charge in [-0.2, -0.15) is 26.3 Å². The number of para-hydroxylation sites is 1. The van der Waals surface area contributed by atoms with Crippen LogP contribution in [0.1, 0.15) is 32.6 Å². The second-order valence-electron chi connectivity index (χ2n) is 10.5. The van der Waals surface area contributed by atoms with Crippen molar-refractivity contribution < 1.29 is 40.9 Å². The Kier molecular flexibility index (Phi) is 8.41. The van der Waals surface area contributed by atoms with E-state index in [0.29, 0.717) is 17.7 Å². The maximum absolute atomic E-state index is 13.6. The van der Waals surface area contributed by atoms with Crippen molar-refractivity contribution in [1.82, 2.24) is 14.8 Å². The number of halogens is 6. The van der Waals surface area contributed by atoms with Crippen LogP contribution in [-0.2, 0) is 23.6 Å². The number of carbonyl (C=O) groups excluding carboxylic acids is 2. The monoisotopic (exact) mass is 630 g/mol. The highest BCUT2D eigenvalue weighted by Crippen LogP contribution is 2.37. The molecule has 0 aliphatic carbocycles. The average Bonchev–Trinajstić information content (AvgIpc) is 3.41. The largest absolute Gasteiger partial charge is 0.416 e. The molecule has 1 saturated heterocycles. The average molecular weight is 631 g/mol. The summed E-state index contributed by atoms with van der Waals surface area (Å²) in [7, 11) is 0. The van der Waals surface area contributed by atoms with Gasteiger partial charge in [-0.05, 0) is 60.0 Å². The highest BCUT2D eigenvalue weighted by Gasteiger charge is 2.39. The van der Waals surface area contributed by atoms with Crippen LogP contribution < -0.4 is 0 Å². The van der Waals surface area contributed by atoms with Crippen molar-refractivity contribution >= 4 is 34.5 Å². The van der Waals surface area contributed by atoms with E-state index in [4.69, 9.17) is 0 Å². The fourth-order valence-corrected chi connectivity index (χ4v) is 5.28. The lowest BCUT2D eigenvalue weighted by atomic mass is 9.98. The van der Waals surface area contributed by atoms with Crippen molar-refractivity contribution in [3.05, 3.63) is 117 Å². The quantitative estimate of drug-likeness (QED) is 0.111. The number of hydrogen-bond donors (Lipinski definition) is 1. The Morgan fingerprint density at radius 2 is 1.58 bits per heavy atom. The van der Waals surface area contributed by atoms with Crippen LogP contribution in [0.2, 0.25) is 0 Å². The van der Waals surface area contributed by atoms with E-state index in [1.807, 2.05) is 18.2 Å². The standard InChI is InChI=1S/C31H24F6N4O4/c32-30(33,34)22-13-20(14-23(16-22)31(35,36)37)29(43)40-12-11-39(28(42)10-7-19-5-8-24(9-6-19)41(44)45)18-25(40)15-21-17-38-27-4-2-1-3-26(21)27/h1-10,13-14,16-17,25,38H,11-12,15,18H2/t25-/m1/s1. The summed E-state index contributed by atoms with van der Waals surface area (Å²) in [6.45, 7) is -0.245. The van der Waals surface area contributed by atoms with E-state index in [-0.39, 0.29) is 37.8 Å². The molecule has 0 bridgehead atoms. The molecule has 1 aromatic heterocycles. The molecule has 1 aliphatic rings. The molecule has 3 aromatic carbocycles. The van der Waals surface area contributed by atoms with Gasteiger partial charge < -0.3 is 14.8 Å². The number of fused-ring (bicyclic) bond motifs is 1. The summed E-state index contributed by atoms with van der Waals surface area (Å²) in [5, 5.41) is 11.7. The van der Waals surface area contributed by atoms with Gasteiger partial charge in [0, 0.05) is 60.5 Å². The molecule has 1 fully saturated rings. The van der Waals surface area contributed by atoms with Crippen molar-refractivity contribution in [1.29, 1.82) is 0 Å². The van der Waals surface area contributed by atoms with Gasteiger partial charge in [-0.3, -0.25) is 19.7 Å². The Hall–Kier alpha value is -5.14. The van der Waals surface area contributed by atoms with Crippen molar-refractivity contribution in [2.45, 2.75) is 24.8 Å². The molecular weight excluding hydrogens is 606 g/mol. The SMILES string of the molecule is O=C(C=Cc1ccc([N+](=O)[O-])cc1)N1CCN(C(=O)c2cc(C(F)(F)F)cc(C(F)(F)F)c2)[C@H](Cc2c[nH]c3ccccc23)C1. The molecule has 0 unspecified atom stereocenters. The minimum Gasteiger partial charge on any atom is -0.361 e. The molecule has 1 aliphatic heterocycles. The first-order chi connectivity index (χ1) is 21.2. The Labute approximate surface area is 251 Å². The number of non-ortho nitro benzene ring substituents is 1. The summed E-state index contributed by atoms with van der Waals surface area (Å²) in [5.74, 6) is -1.48. The van der Waals surface area contributed by atoms with E-state index < -0.39 is 51.8 Å². The first-order valence-corrected chi connectivity index (χ1v) is 13.6. The van der Waals surface area contributed by atoms with E-state index in [1.165, 1.54) is 46.2 Å². The predicted octanol–water partition coefficient (Wildman–Crippen LogP) is 6.72. The lowest BCUT2D eigenvalue weighted by Gasteiger charge is -2.41. The normalized spacial score (nSPS) is 16.0. The Morgan fingerprint density at radius 3 is 2.20 bits per heavy atom. The van der Waals surface area contributed by atoms with Crippen LogP contribution in [-0.4, -0.2) is 57.2 Å². The number of nitro benzene ring substituents is 1. The second-order valence-corrected chi connectivity index (χ2v) is 10.5. The lowest BCUT2D eigenvalue weighted by Crippen LogP contribution is -2.57. The summed E-state index contributed by atoms with van der Waals surface area (Å²) in [6, 6.07) is 12.7. The summed E-state index contributed by atoms with van der Waals surface area (Å²) in [4.78, 5) is 42.8. The van der Waals surface area contributed by atoms with Crippen molar-refractivity contribution in [3.63, 3.8) is 0 Å². The highest BCUT2D eigenvalue weighted by molar-refractivity contribution is 5.96. The molecule has 234 valence electrons. The molecule has 8 nitrogen and oxygen atoms in total. The Morgan fingerprint density at radius 1 is 0.933 bits per heavy atom. The first-order valence-electron chi connectivity index (χ1n) is 13.6. The topological polar surface area (TPSA) is 99.5 Å². The molecule has 14 heteroatoms. The number of amides is 2.